The van der Waals surface area contributed by atoms with E-state index in [1.807, 2.05) is 0 Å². The minimum absolute atomic E-state index is 0.171. The van der Waals surface area contributed by atoms with Crippen LogP contribution < -0.4 is 0 Å². The van der Waals surface area contributed by atoms with Crippen LogP contribution in [0, 0.1) is 17.3 Å². The lowest BCUT2D eigenvalue weighted by molar-refractivity contribution is -0.134. The first kappa shape index (κ1) is 9.88. The van der Waals surface area contributed by atoms with Gasteiger partial charge in [0.2, 0.25) is 0 Å². The highest BCUT2D eigenvalue weighted by atomic mass is 16.1. The fourth-order valence-corrected chi connectivity index (χ4v) is 3.51. The number of hydrogen-bond donors (Lipinski definition) is 0. The van der Waals surface area contributed by atoms with Gasteiger partial charge < -0.3 is 4.79 Å². The zero-order valence-electron chi connectivity index (χ0n) is 8.79. The second-order valence-corrected chi connectivity index (χ2v) is 5.15. The van der Waals surface area contributed by atoms with Crippen molar-refractivity contribution in [3.8, 4) is 0 Å². The zero-order valence-corrected chi connectivity index (χ0v) is 8.79. The maximum Gasteiger partial charge on any atom is 0.130 e. The van der Waals surface area contributed by atoms with Crippen LogP contribution in [0.1, 0.15) is 45.4 Å². The number of hydrogen-bond acceptors (Lipinski definition) is 2. The zero-order chi connectivity index (χ0) is 10.2. The number of carbonyl (C=O) groups is 2. The summed E-state index contributed by atoms with van der Waals surface area (Å²) in [5.41, 5.74) is -0.271. The van der Waals surface area contributed by atoms with Crippen LogP contribution in [-0.2, 0) is 9.59 Å². The fraction of sp³-hybridized carbons (Fsp3) is 0.833. The largest absolute Gasteiger partial charge is 0.303 e. The lowest BCUT2D eigenvalue weighted by atomic mass is 9.55. The molecule has 2 nitrogen and oxygen atoms in total. The highest BCUT2D eigenvalue weighted by Gasteiger charge is 2.47. The Hall–Kier alpha value is -0.660. The number of rotatable bonds is 3. The van der Waals surface area contributed by atoms with Gasteiger partial charge in [0.1, 0.15) is 12.1 Å². The van der Waals surface area contributed by atoms with Crippen LogP contribution in [0.3, 0.4) is 0 Å². The second-order valence-electron chi connectivity index (χ2n) is 5.15. The van der Waals surface area contributed by atoms with E-state index in [4.69, 9.17) is 0 Å². The summed E-state index contributed by atoms with van der Waals surface area (Å²) in [4.78, 5) is 22.4. The van der Waals surface area contributed by atoms with Gasteiger partial charge in [-0.1, -0.05) is 12.8 Å². The van der Waals surface area contributed by atoms with Crippen molar-refractivity contribution >= 4 is 12.1 Å². The molecule has 78 valence electrons. The van der Waals surface area contributed by atoms with Gasteiger partial charge in [0, 0.05) is 11.8 Å². The summed E-state index contributed by atoms with van der Waals surface area (Å²) < 4.78 is 0. The van der Waals surface area contributed by atoms with Crippen molar-refractivity contribution in [3.63, 3.8) is 0 Å². The molecule has 1 unspecified atom stereocenters. The lowest BCUT2D eigenvalue weighted by Gasteiger charge is -2.48. The third kappa shape index (κ3) is 1.51. The number of Topliss-reactive ketones (excluding diaryl/α,β-unsaturated/α-hetero) is 1. The highest BCUT2D eigenvalue weighted by molar-refractivity contribution is 5.80. The van der Waals surface area contributed by atoms with Gasteiger partial charge in [-0.05, 0) is 38.0 Å². The molecule has 3 aliphatic carbocycles. The summed E-state index contributed by atoms with van der Waals surface area (Å²) in [6.45, 7) is 1.60. The molecule has 0 N–H and O–H groups in total. The maximum absolute atomic E-state index is 11.3. The molecule has 14 heavy (non-hydrogen) atoms. The minimum atomic E-state index is -0.271. The fourth-order valence-electron chi connectivity index (χ4n) is 3.51. The molecule has 3 saturated carbocycles. The van der Waals surface area contributed by atoms with Gasteiger partial charge in [0.25, 0.3) is 0 Å². The van der Waals surface area contributed by atoms with E-state index >= 15 is 0 Å². The van der Waals surface area contributed by atoms with Gasteiger partial charge in [-0.15, -0.1) is 0 Å². The summed E-state index contributed by atoms with van der Waals surface area (Å²) >= 11 is 0. The number of aldehydes is 1. The third-order valence-corrected chi connectivity index (χ3v) is 4.14. The molecule has 2 heteroatoms. The molecule has 0 aliphatic heterocycles. The average Bonchev–Trinajstić information content (AvgIpc) is 2.18. The molecule has 1 atom stereocenters. The molecule has 0 aromatic heterocycles. The average molecular weight is 194 g/mol. The van der Waals surface area contributed by atoms with Gasteiger partial charge in [0.05, 0.1) is 0 Å². The first-order valence-corrected chi connectivity index (χ1v) is 5.62. The Morgan fingerprint density at radius 2 is 2.00 bits per heavy atom. The molecule has 0 radical (unpaired) electrons. The number of carbonyl (C=O) groups excluding carboxylic acids is 2. The van der Waals surface area contributed by atoms with Gasteiger partial charge in [0.15, 0.2) is 0 Å². The van der Waals surface area contributed by atoms with Crippen LogP contribution in [0.4, 0.5) is 0 Å². The Bertz CT molecular complexity index is 251. The normalized spacial score (nSPS) is 40.9. The Balaban J connectivity index is 2.19. The van der Waals surface area contributed by atoms with Crippen LogP contribution in [-0.4, -0.2) is 12.1 Å². The molecule has 0 heterocycles. The van der Waals surface area contributed by atoms with Crippen LogP contribution in [0.15, 0.2) is 0 Å². The lowest BCUT2D eigenvalue weighted by Crippen LogP contribution is -2.44. The van der Waals surface area contributed by atoms with Crippen molar-refractivity contribution in [3.05, 3.63) is 0 Å². The Morgan fingerprint density at radius 1 is 1.36 bits per heavy atom. The van der Waals surface area contributed by atoms with E-state index in [2.05, 4.69) is 0 Å². The van der Waals surface area contributed by atoms with Gasteiger partial charge in [-0.3, -0.25) is 4.79 Å². The van der Waals surface area contributed by atoms with Crippen molar-refractivity contribution in [2.75, 3.05) is 0 Å². The molecule has 2 bridgehead atoms. The molecule has 0 saturated heterocycles. The van der Waals surface area contributed by atoms with Crippen LogP contribution in [0.2, 0.25) is 0 Å². The van der Waals surface area contributed by atoms with E-state index in [1.54, 1.807) is 6.92 Å². The Labute approximate surface area is 85.1 Å². The summed E-state index contributed by atoms with van der Waals surface area (Å²) in [6.07, 6.45) is 7.42. The van der Waals surface area contributed by atoms with Gasteiger partial charge in [-0.2, -0.15) is 0 Å². The molecule has 0 amide bonds. The SMILES string of the molecule is CC(=O)CC1(C=O)CC2CCC1CC2. The first-order chi connectivity index (χ1) is 6.66. The third-order valence-electron chi connectivity index (χ3n) is 4.14. The summed E-state index contributed by atoms with van der Waals surface area (Å²) in [5, 5.41) is 0. The highest BCUT2D eigenvalue weighted by Crippen LogP contribution is 2.53. The molecule has 0 aromatic carbocycles. The van der Waals surface area contributed by atoms with E-state index in [1.165, 1.54) is 12.8 Å². The second kappa shape index (κ2) is 3.48. The Kier molecular flexibility index (Phi) is 2.46. The quantitative estimate of drug-likeness (QED) is 0.646. The van der Waals surface area contributed by atoms with Crippen molar-refractivity contribution in [1.82, 2.24) is 0 Å². The monoisotopic (exact) mass is 194 g/mol. The molecule has 3 rings (SSSR count). The topological polar surface area (TPSA) is 34.1 Å². The van der Waals surface area contributed by atoms with Gasteiger partial charge in [-0.25, -0.2) is 0 Å². The van der Waals surface area contributed by atoms with Crippen LogP contribution in [0.5, 0.6) is 0 Å². The number of ketones is 1. The van der Waals surface area contributed by atoms with E-state index in [0.717, 1.165) is 25.5 Å². The standard InChI is InChI=1S/C12H18O2/c1-9(14)6-12(8-13)7-10-2-4-11(12)5-3-10/h8,10-11H,2-7H2,1H3. The molecule has 3 fully saturated rings. The van der Waals surface area contributed by atoms with Gasteiger partial charge >= 0.3 is 0 Å². The molecular formula is C12H18O2. The van der Waals surface area contributed by atoms with Crippen molar-refractivity contribution in [2.45, 2.75) is 45.4 Å². The summed E-state index contributed by atoms with van der Waals surface area (Å²) in [7, 11) is 0. The molecule has 0 spiro atoms. The minimum Gasteiger partial charge on any atom is -0.303 e. The molecule has 0 aromatic rings. The predicted molar refractivity (Wildman–Crippen MR) is 53.9 cm³/mol. The van der Waals surface area contributed by atoms with Crippen LogP contribution in [0.25, 0.3) is 0 Å². The summed E-state index contributed by atoms with van der Waals surface area (Å²) in [5.74, 6) is 1.38. The molecule has 3 aliphatic rings. The Morgan fingerprint density at radius 3 is 2.36 bits per heavy atom. The van der Waals surface area contributed by atoms with Crippen molar-refractivity contribution < 1.29 is 9.59 Å². The predicted octanol–water partition coefficient (Wildman–Crippen LogP) is 2.36. The van der Waals surface area contributed by atoms with E-state index in [9.17, 15) is 9.59 Å². The first-order valence-electron chi connectivity index (χ1n) is 5.62. The van der Waals surface area contributed by atoms with Crippen molar-refractivity contribution in [2.24, 2.45) is 17.3 Å². The van der Waals surface area contributed by atoms with E-state index in [-0.39, 0.29) is 11.2 Å². The maximum atomic E-state index is 11.3. The smallest absolute Gasteiger partial charge is 0.130 e. The van der Waals surface area contributed by atoms with E-state index < -0.39 is 0 Å². The molecular weight excluding hydrogens is 176 g/mol. The summed E-state index contributed by atoms with van der Waals surface area (Å²) in [6, 6.07) is 0. The van der Waals surface area contributed by atoms with E-state index in [0.29, 0.717) is 18.3 Å². The number of fused-ring (bicyclic) bond motifs is 3. The van der Waals surface area contributed by atoms with Crippen LogP contribution >= 0.6 is 0 Å². The van der Waals surface area contributed by atoms with Crippen molar-refractivity contribution in [1.29, 1.82) is 0 Å².